The average Bonchev–Trinajstić information content (AvgIpc) is 3.53. The molecule has 5 amide bonds. The van der Waals surface area contributed by atoms with E-state index in [0.29, 0.717) is 16.9 Å². The Morgan fingerprint density at radius 3 is 2.51 bits per heavy atom. The van der Waals surface area contributed by atoms with E-state index in [1.807, 2.05) is 0 Å². The lowest BCUT2D eigenvalue weighted by atomic mass is 9.79. The first kappa shape index (κ1) is 28.0. The second kappa shape index (κ2) is 9.84. The normalized spacial score (nSPS) is 23.9. The van der Waals surface area contributed by atoms with Gasteiger partial charge >= 0.3 is 6.03 Å². The summed E-state index contributed by atoms with van der Waals surface area (Å²) in [7, 11) is 1.49. The summed E-state index contributed by atoms with van der Waals surface area (Å²) in [5.41, 5.74) is -3.64. The standard InChI is InChI=1S/C28H29N5O8/c1-26(2,40)28(24(37)38)11-9-21(34)33(28)20-7-4-16(13-29-20)8-10-27(23(36)30-25(39)31-27)15-32-14-17-5-6-18(41-3)12-19(17)22(32)35/h4-7,12-13,24,37-38,40H,9,11,14-15H2,1-3H3,(H2,30,31,36,39). The van der Waals surface area contributed by atoms with Gasteiger partial charge in [-0.05, 0) is 50.1 Å². The van der Waals surface area contributed by atoms with Crippen LogP contribution in [0.1, 0.15) is 48.2 Å². The number of anilines is 1. The largest absolute Gasteiger partial charge is 0.497 e. The number of aliphatic hydroxyl groups is 3. The summed E-state index contributed by atoms with van der Waals surface area (Å²) in [5, 5.41) is 35.9. The van der Waals surface area contributed by atoms with Gasteiger partial charge in [-0.1, -0.05) is 17.9 Å². The molecule has 0 spiro atoms. The van der Waals surface area contributed by atoms with E-state index >= 15 is 0 Å². The van der Waals surface area contributed by atoms with E-state index in [1.165, 1.54) is 44.2 Å². The van der Waals surface area contributed by atoms with Crippen molar-refractivity contribution in [2.45, 2.75) is 56.2 Å². The minimum Gasteiger partial charge on any atom is -0.497 e. The third kappa shape index (κ3) is 4.55. The van der Waals surface area contributed by atoms with E-state index in [2.05, 4.69) is 27.5 Å². The first-order chi connectivity index (χ1) is 19.3. The maximum Gasteiger partial charge on any atom is 0.323 e. The number of methoxy groups -OCH3 is 1. The van der Waals surface area contributed by atoms with Crippen molar-refractivity contribution in [2.24, 2.45) is 0 Å². The van der Waals surface area contributed by atoms with Crippen LogP contribution < -0.4 is 20.3 Å². The van der Waals surface area contributed by atoms with Crippen molar-refractivity contribution in [2.75, 3.05) is 18.6 Å². The van der Waals surface area contributed by atoms with E-state index in [0.717, 1.165) is 10.5 Å². The second-order valence-electron chi connectivity index (χ2n) is 10.7. The highest BCUT2D eigenvalue weighted by Gasteiger charge is 2.60. The zero-order chi connectivity index (χ0) is 29.7. The summed E-state index contributed by atoms with van der Waals surface area (Å²) in [6.07, 6.45) is -0.744. The maximum absolute atomic E-state index is 13.1. The lowest BCUT2D eigenvalue weighted by Gasteiger charge is -2.47. The van der Waals surface area contributed by atoms with Crippen LogP contribution in [-0.2, 0) is 16.1 Å². The molecule has 41 heavy (non-hydrogen) atoms. The molecule has 2 unspecified atom stereocenters. The number of carbonyl (C=O) groups is 4. The Kier molecular flexibility index (Phi) is 6.73. The molecule has 214 valence electrons. The summed E-state index contributed by atoms with van der Waals surface area (Å²) in [4.78, 5) is 57.6. The van der Waals surface area contributed by atoms with Gasteiger partial charge in [0.15, 0.2) is 6.29 Å². The fourth-order valence-electron chi connectivity index (χ4n) is 5.60. The topological polar surface area (TPSA) is 182 Å². The predicted octanol–water partition coefficient (Wildman–Crippen LogP) is -0.377. The first-order valence-electron chi connectivity index (χ1n) is 12.8. The molecule has 0 radical (unpaired) electrons. The van der Waals surface area contributed by atoms with Gasteiger partial charge in [-0.25, -0.2) is 9.78 Å². The SMILES string of the molecule is COc1ccc2c(c1)C(=O)N(CC1(C#Cc3ccc(N4C(=O)CCC4(C(O)O)C(C)(C)O)nc3)NC(=O)NC1=O)C2. The Morgan fingerprint density at radius 1 is 1.17 bits per heavy atom. The minimum absolute atomic E-state index is 0.000559. The van der Waals surface area contributed by atoms with Gasteiger partial charge in [-0.2, -0.15) is 0 Å². The van der Waals surface area contributed by atoms with Gasteiger partial charge in [0, 0.05) is 30.3 Å². The molecule has 2 saturated heterocycles. The number of amides is 5. The molecule has 13 heteroatoms. The molecule has 1 aromatic heterocycles. The Balaban J connectivity index is 1.43. The highest BCUT2D eigenvalue weighted by Crippen LogP contribution is 2.43. The number of imide groups is 1. The zero-order valence-corrected chi connectivity index (χ0v) is 22.6. The summed E-state index contributed by atoms with van der Waals surface area (Å²) >= 11 is 0. The molecule has 5 rings (SSSR count). The molecule has 0 aliphatic carbocycles. The number of fused-ring (bicyclic) bond motifs is 1. The lowest BCUT2D eigenvalue weighted by Crippen LogP contribution is -2.66. The van der Waals surface area contributed by atoms with Gasteiger partial charge in [0.2, 0.25) is 11.4 Å². The Hall–Kier alpha value is -4.51. The smallest absolute Gasteiger partial charge is 0.323 e. The van der Waals surface area contributed by atoms with Crippen LogP contribution in [-0.4, -0.2) is 85.6 Å². The fourth-order valence-corrected chi connectivity index (χ4v) is 5.60. The van der Waals surface area contributed by atoms with Crippen LogP contribution in [0.15, 0.2) is 36.5 Å². The molecule has 0 bridgehead atoms. The average molecular weight is 564 g/mol. The number of benzene rings is 1. The molecule has 2 aromatic rings. The number of carbonyl (C=O) groups excluding carboxylic acids is 4. The molecule has 1 aromatic carbocycles. The van der Waals surface area contributed by atoms with Crippen LogP contribution in [0.4, 0.5) is 10.6 Å². The summed E-state index contributed by atoms with van der Waals surface area (Å²) < 4.78 is 5.20. The number of nitrogens with zero attached hydrogens (tertiary/aromatic N) is 3. The number of nitrogens with one attached hydrogen (secondary N) is 2. The summed E-state index contributed by atoms with van der Waals surface area (Å²) in [5.74, 6) is 4.70. The maximum atomic E-state index is 13.1. The van der Waals surface area contributed by atoms with Gasteiger partial charge in [0.25, 0.3) is 11.8 Å². The number of hydrogen-bond acceptors (Lipinski definition) is 9. The van der Waals surface area contributed by atoms with Crippen LogP contribution in [0.2, 0.25) is 0 Å². The van der Waals surface area contributed by atoms with Crippen molar-refractivity contribution in [1.82, 2.24) is 20.5 Å². The third-order valence-corrected chi connectivity index (χ3v) is 7.82. The second-order valence-corrected chi connectivity index (χ2v) is 10.7. The van der Waals surface area contributed by atoms with Crippen molar-refractivity contribution in [3.05, 3.63) is 53.2 Å². The number of rotatable bonds is 6. The highest BCUT2D eigenvalue weighted by atomic mass is 16.5. The summed E-state index contributed by atoms with van der Waals surface area (Å²) in [6, 6.07) is 7.30. The number of ether oxygens (including phenoxy) is 1. The lowest BCUT2D eigenvalue weighted by molar-refractivity contribution is -0.159. The van der Waals surface area contributed by atoms with E-state index < -0.39 is 40.8 Å². The minimum atomic E-state index is -2.04. The quantitative estimate of drug-likeness (QED) is 0.178. The van der Waals surface area contributed by atoms with E-state index in [4.69, 9.17) is 4.74 Å². The van der Waals surface area contributed by atoms with Crippen LogP contribution in [0.3, 0.4) is 0 Å². The Labute approximate surface area is 235 Å². The molecule has 2 fully saturated rings. The number of aliphatic hydroxyl groups excluding tert-OH is 1. The first-order valence-corrected chi connectivity index (χ1v) is 12.8. The number of pyridine rings is 1. The Bertz CT molecular complexity index is 1510. The van der Waals surface area contributed by atoms with Crippen molar-refractivity contribution in [1.29, 1.82) is 0 Å². The van der Waals surface area contributed by atoms with Crippen molar-refractivity contribution in [3.8, 4) is 17.6 Å². The van der Waals surface area contributed by atoms with E-state index in [1.54, 1.807) is 18.2 Å². The molecule has 5 N–H and O–H groups in total. The third-order valence-electron chi connectivity index (χ3n) is 7.82. The molecule has 4 heterocycles. The number of urea groups is 1. The predicted molar refractivity (Wildman–Crippen MR) is 142 cm³/mol. The molecule has 3 aliphatic rings. The number of hydrogen-bond donors (Lipinski definition) is 5. The van der Waals surface area contributed by atoms with Crippen molar-refractivity contribution < 1.29 is 39.2 Å². The van der Waals surface area contributed by atoms with Gasteiger partial charge in [0.05, 0.1) is 19.3 Å². The fraction of sp³-hybridized carbons (Fsp3) is 0.393. The molecule has 0 saturated carbocycles. The highest BCUT2D eigenvalue weighted by molar-refractivity contribution is 6.10. The van der Waals surface area contributed by atoms with Crippen LogP contribution in [0.5, 0.6) is 5.75 Å². The summed E-state index contributed by atoms with van der Waals surface area (Å²) in [6.45, 7) is 2.77. The molecular weight excluding hydrogens is 534 g/mol. The van der Waals surface area contributed by atoms with Gasteiger partial charge in [-0.3, -0.25) is 24.6 Å². The molecule has 3 aliphatic heterocycles. The zero-order valence-electron chi connectivity index (χ0n) is 22.6. The van der Waals surface area contributed by atoms with Crippen molar-refractivity contribution >= 4 is 29.6 Å². The van der Waals surface area contributed by atoms with Crippen LogP contribution >= 0.6 is 0 Å². The van der Waals surface area contributed by atoms with Crippen LogP contribution in [0, 0.1) is 11.8 Å². The Morgan fingerprint density at radius 2 is 1.93 bits per heavy atom. The number of aromatic nitrogens is 1. The van der Waals surface area contributed by atoms with Gasteiger partial charge in [-0.15, -0.1) is 0 Å². The van der Waals surface area contributed by atoms with Crippen LogP contribution in [0.25, 0.3) is 0 Å². The van der Waals surface area contributed by atoms with Crippen molar-refractivity contribution in [3.63, 3.8) is 0 Å². The van der Waals surface area contributed by atoms with E-state index in [-0.39, 0.29) is 37.7 Å². The van der Waals surface area contributed by atoms with Gasteiger partial charge < -0.3 is 30.3 Å². The molecule has 2 atom stereocenters. The van der Waals surface area contributed by atoms with Gasteiger partial charge in [0.1, 0.15) is 17.1 Å². The molecule has 13 nitrogen and oxygen atoms in total. The monoisotopic (exact) mass is 563 g/mol. The molecular formula is C28H29N5O8. The van der Waals surface area contributed by atoms with E-state index in [9.17, 15) is 34.5 Å².